The first-order valence-electron chi connectivity index (χ1n) is 0.494. The second-order valence-electron chi connectivity index (χ2n) is 0.105. The summed E-state index contributed by atoms with van der Waals surface area (Å²) in [7, 11) is -0.250. The van der Waals surface area contributed by atoms with Crippen LogP contribution in [0.15, 0.2) is 0 Å². The Balaban J connectivity index is 0. The van der Waals surface area contributed by atoms with Crippen LogP contribution in [-0.2, 0) is 4.70 Å². The summed E-state index contributed by atoms with van der Waals surface area (Å²) in [5, 5.41) is 6.89. The Bertz CT molecular complexity index is 13.5. The van der Waals surface area contributed by atoms with Crippen LogP contribution in [0.2, 0.25) is 0 Å². The minimum Gasteiger partial charge on any atom is 0 e. The maximum absolute atomic E-state index is 8.36. The van der Waals surface area contributed by atoms with Crippen LogP contribution in [0.25, 0.3) is 0 Å². The van der Waals surface area contributed by atoms with Gasteiger partial charge in [-0.3, -0.25) is 0 Å². The molecule has 0 fully saturated rings. The SMILES string of the molecule is O=BO.[Al]. The second kappa shape index (κ2) is 10.8. The van der Waals surface area contributed by atoms with E-state index < -0.39 is 0 Å². The summed E-state index contributed by atoms with van der Waals surface area (Å²) in [6, 6.07) is 0. The molecule has 3 radical (unpaired) electrons. The Hall–Kier alpha value is 0.197. The maximum atomic E-state index is 8.36. The molecule has 0 spiro atoms. The fourth-order valence-electron chi connectivity index (χ4n) is 0. The summed E-state index contributed by atoms with van der Waals surface area (Å²) in [6.45, 7) is 0. The largest absolute Gasteiger partial charge is 0 e. The minimum absolute atomic E-state index is 0. The normalized spacial score (nSPS) is 2.00. The van der Waals surface area contributed by atoms with E-state index in [4.69, 9.17) is 9.73 Å². The van der Waals surface area contributed by atoms with Gasteiger partial charge in [0.2, 0.25) is 0 Å². The fraction of sp³-hybridized carbons (Fsp3) is 0. The van der Waals surface area contributed by atoms with Gasteiger partial charge in [0.15, 0.2) is 0 Å². The van der Waals surface area contributed by atoms with Gasteiger partial charge in [-0.15, -0.1) is 0 Å². The summed E-state index contributed by atoms with van der Waals surface area (Å²) < 4.78 is 8.36. The molecule has 19 valence electrons. The Morgan fingerprint density at radius 3 is 1.75 bits per heavy atom. The number of hydrogen-bond donors (Lipinski definition) is 1. The zero-order valence-corrected chi connectivity index (χ0v) is 3.16. The van der Waals surface area contributed by atoms with Gasteiger partial charge in [0.1, 0.15) is 0 Å². The quantitative estimate of drug-likeness (QED) is 0.355. The second-order valence-corrected chi connectivity index (χ2v) is 0.105. The molecule has 0 aromatic carbocycles. The Kier molecular flexibility index (Phi) is 23.9. The standard InChI is InChI=1S/Al.BHO2/c;2-1-3/h;2H. The molecule has 2 nitrogen and oxygen atoms in total. The van der Waals surface area contributed by atoms with E-state index in [9.17, 15) is 0 Å². The molecule has 1 N–H and O–H groups in total. The van der Waals surface area contributed by atoms with E-state index in [0.717, 1.165) is 0 Å². The average molecular weight is 70.8 g/mol. The third-order valence-corrected chi connectivity index (χ3v) is 0. The van der Waals surface area contributed by atoms with Crippen LogP contribution < -0.4 is 0 Å². The van der Waals surface area contributed by atoms with Crippen LogP contribution in [0.4, 0.5) is 0 Å². The van der Waals surface area contributed by atoms with Crippen molar-refractivity contribution in [2.75, 3.05) is 0 Å². The van der Waals surface area contributed by atoms with Crippen molar-refractivity contribution >= 4 is 24.7 Å². The van der Waals surface area contributed by atoms with E-state index in [1.54, 1.807) is 0 Å². The Morgan fingerprint density at radius 2 is 1.75 bits per heavy atom. The summed E-state index contributed by atoms with van der Waals surface area (Å²) >= 11 is 0. The molecule has 0 bridgehead atoms. The Morgan fingerprint density at radius 1 is 1.75 bits per heavy atom. The molecule has 0 saturated carbocycles. The van der Waals surface area contributed by atoms with Gasteiger partial charge in [0, 0.05) is 17.4 Å². The van der Waals surface area contributed by atoms with Crippen molar-refractivity contribution in [3.63, 3.8) is 0 Å². The van der Waals surface area contributed by atoms with E-state index in [0.29, 0.717) is 0 Å². The van der Waals surface area contributed by atoms with Crippen molar-refractivity contribution in [1.82, 2.24) is 0 Å². The van der Waals surface area contributed by atoms with Crippen molar-refractivity contribution in [1.29, 1.82) is 0 Å². The van der Waals surface area contributed by atoms with E-state index >= 15 is 0 Å². The molecular weight excluding hydrogens is 69.8 g/mol. The first kappa shape index (κ1) is 8.89. The number of rotatable bonds is 0. The van der Waals surface area contributed by atoms with Crippen molar-refractivity contribution in [3.05, 3.63) is 0 Å². The van der Waals surface area contributed by atoms with Gasteiger partial charge in [0.25, 0.3) is 0 Å². The Labute approximate surface area is 35.2 Å². The van der Waals surface area contributed by atoms with E-state index in [1.807, 2.05) is 0 Å². The monoisotopic (exact) mass is 71.0 g/mol. The number of hydrogen-bond acceptors (Lipinski definition) is 1. The molecule has 0 unspecified atom stereocenters. The molecular formula is HAlBO2. The van der Waals surface area contributed by atoms with Crippen molar-refractivity contribution < 1.29 is 9.73 Å². The zero-order chi connectivity index (χ0) is 2.71. The maximum Gasteiger partial charge on any atom is 0 e. The van der Waals surface area contributed by atoms with E-state index in [1.165, 1.54) is 0 Å². The smallest absolute Gasteiger partial charge is 0 e. The molecule has 0 aliphatic rings. The van der Waals surface area contributed by atoms with E-state index in [-0.39, 0.29) is 24.7 Å². The van der Waals surface area contributed by atoms with Gasteiger partial charge < -0.3 is 0 Å². The first-order chi connectivity index (χ1) is 1.41. The average Bonchev–Trinajstić information content (AvgIpc) is 0.918. The van der Waals surface area contributed by atoms with Gasteiger partial charge in [-0.1, -0.05) is 0 Å². The summed E-state index contributed by atoms with van der Waals surface area (Å²) in [5.41, 5.74) is 0. The topological polar surface area (TPSA) is 37.3 Å². The summed E-state index contributed by atoms with van der Waals surface area (Å²) in [4.78, 5) is 0. The predicted molar refractivity (Wildman–Crippen MR) is 14.4 cm³/mol. The first-order valence-corrected chi connectivity index (χ1v) is 0.494. The molecule has 0 rings (SSSR count). The zero-order valence-electron chi connectivity index (χ0n) is 2.01. The van der Waals surface area contributed by atoms with Gasteiger partial charge in [-0.25, -0.2) is 0 Å². The van der Waals surface area contributed by atoms with Crippen LogP contribution in [0.1, 0.15) is 0 Å². The van der Waals surface area contributed by atoms with E-state index in [2.05, 4.69) is 0 Å². The van der Waals surface area contributed by atoms with Crippen molar-refractivity contribution in [2.45, 2.75) is 0 Å². The molecule has 0 aliphatic carbocycles. The minimum atomic E-state index is -0.250. The molecule has 0 heterocycles. The molecule has 4 heteroatoms. The molecule has 0 atom stereocenters. The summed E-state index contributed by atoms with van der Waals surface area (Å²) in [6.07, 6.45) is 0. The third-order valence-electron chi connectivity index (χ3n) is 0. The van der Waals surface area contributed by atoms with Crippen LogP contribution in [0.3, 0.4) is 0 Å². The van der Waals surface area contributed by atoms with Gasteiger partial charge in [-0.05, 0) is 0 Å². The van der Waals surface area contributed by atoms with Crippen LogP contribution in [-0.4, -0.2) is 29.7 Å². The third kappa shape index (κ3) is 80.9. The summed E-state index contributed by atoms with van der Waals surface area (Å²) in [5.74, 6) is 0. The van der Waals surface area contributed by atoms with Crippen molar-refractivity contribution in [2.24, 2.45) is 0 Å². The molecule has 0 saturated heterocycles. The predicted octanol–water partition coefficient (Wildman–Crippen LogP) is -1.44. The van der Waals surface area contributed by atoms with Gasteiger partial charge in [0.05, 0.1) is 0 Å². The molecule has 0 aliphatic heterocycles. The molecule has 0 amide bonds. The molecule has 0 aromatic heterocycles. The molecule has 0 aromatic rings. The van der Waals surface area contributed by atoms with Crippen LogP contribution >= 0.6 is 0 Å². The molecule has 4 heavy (non-hydrogen) atoms. The van der Waals surface area contributed by atoms with Crippen molar-refractivity contribution in [3.8, 4) is 0 Å². The van der Waals surface area contributed by atoms with Crippen LogP contribution in [0.5, 0.6) is 0 Å². The van der Waals surface area contributed by atoms with Gasteiger partial charge in [-0.2, -0.15) is 0 Å². The van der Waals surface area contributed by atoms with Crippen LogP contribution in [0, 0.1) is 0 Å². The van der Waals surface area contributed by atoms with Gasteiger partial charge >= 0.3 is 17.1 Å². The fourth-order valence-corrected chi connectivity index (χ4v) is 0.